The third kappa shape index (κ3) is 1.97. The molecule has 3 nitrogen and oxygen atoms in total. The Labute approximate surface area is 109 Å². The first-order chi connectivity index (χ1) is 8.48. The van der Waals surface area contributed by atoms with Crippen LogP contribution in [0.4, 0.5) is 0 Å². The summed E-state index contributed by atoms with van der Waals surface area (Å²) in [5, 5.41) is 13.0. The van der Waals surface area contributed by atoms with Crippen LogP contribution in [0.15, 0.2) is 0 Å². The fourth-order valence-electron chi connectivity index (χ4n) is 5.37. The number of rotatable bonds is 4. The molecule has 0 aliphatic heterocycles. The van der Waals surface area contributed by atoms with Gasteiger partial charge >= 0.3 is 5.97 Å². The highest BCUT2D eigenvalue weighted by Crippen LogP contribution is 2.61. The lowest BCUT2D eigenvalue weighted by atomic mass is 9.47. The first kappa shape index (κ1) is 12.5. The number of carboxylic acid groups (broad SMARTS) is 1. The normalized spacial score (nSPS) is 43.4. The number of nitrogens with one attached hydrogen (secondary N) is 1. The van der Waals surface area contributed by atoms with E-state index >= 15 is 0 Å². The zero-order valence-corrected chi connectivity index (χ0v) is 11.5. The highest BCUT2D eigenvalue weighted by atomic mass is 16.4. The number of aliphatic carboxylic acids is 1. The quantitative estimate of drug-likeness (QED) is 0.807. The lowest BCUT2D eigenvalue weighted by molar-refractivity contribution is -0.152. The smallest absolute Gasteiger partial charge is 0.321 e. The molecular weight excluding hydrogens is 226 g/mol. The van der Waals surface area contributed by atoms with E-state index in [4.69, 9.17) is 0 Å². The first-order valence-corrected chi connectivity index (χ1v) is 7.47. The zero-order valence-electron chi connectivity index (χ0n) is 11.5. The van der Waals surface area contributed by atoms with Crippen LogP contribution in [-0.2, 0) is 4.79 Å². The molecule has 3 heteroatoms. The molecule has 1 atom stereocenters. The molecule has 102 valence electrons. The van der Waals surface area contributed by atoms with Crippen molar-refractivity contribution in [2.45, 2.75) is 64.5 Å². The van der Waals surface area contributed by atoms with Gasteiger partial charge in [-0.3, -0.25) is 4.79 Å². The molecule has 0 aromatic carbocycles. The topological polar surface area (TPSA) is 49.3 Å². The Hall–Kier alpha value is -0.570. The molecule has 0 saturated heterocycles. The molecular formula is C15H25NO2. The second-order valence-electron chi connectivity index (χ2n) is 7.37. The third-order valence-electron chi connectivity index (χ3n) is 5.44. The molecule has 4 saturated carbocycles. The molecule has 4 bridgehead atoms. The van der Waals surface area contributed by atoms with E-state index in [1.165, 1.54) is 19.3 Å². The average molecular weight is 251 g/mol. The van der Waals surface area contributed by atoms with Gasteiger partial charge in [0.1, 0.15) is 6.04 Å². The SMILES string of the molecule is CC(C)NC(C(=O)O)C12CC3CC(CC(C3)C1)C2. The average Bonchev–Trinajstić information content (AvgIpc) is 2.23. The highest BCUT2D eigenvalue weighted by molar-refractivity contribution is 5.75. The predicted molar refractivity (Wildman–Crippen MR) is 70.3 cm³/mol. The minimum Gasteiger partial charge on any atom is -0.480 e. The Bertz CT molecular complexity index is 315. The summed E-state index contributed by atoms with van der Waals surface area (Å²) < 4.78 is 0. The number of carbonyl (C=O) groups is 1. The molecule has 0 aromatic heterocycles. The Kier molecular flexibility index (Phi) is 2.92. The standard InChI is InChI=1S/C15H25NO2/c1-9(2)16-13(14(17)18)15-6-10-3-11(7-15)5-12(4-10)8-15/h9-13,16H,3-8H2,1-2H3,(H,17,18). The van der Waals surface area contributed by atoms with Crippen LogP contribution in [0.3, 0.4) is 0 Å². The van der Waals surface area contributed by atoms with Gasteiger partial charge in [-0.1, -0.05) is 13.8 Å². The zero-order chi connectivity index (χ0) is 12.9. The molecule has 4 aliphatic rings. The molecule has 0 aromatic rings. The van der Waals surface area contributed by atoms with Crippen LogP contribution in [0.2, 0.25) is 0 Å². The monoisotopic (exact) mass is 251 g/mol. The van der Waals surface area contributed by atoms with Crippen molar-refractivity contribution in [1.82, 2.24) is 5.32 Å². The van der Waals surface area contributed by atoms with Crippen molar-refractivity contribution in [2.24, 2.45) is 23.2 Å². The van der Waals surface area contributed by atoms with E-state index in [1.54, 1.807) is 0 Å². The molecule has 4 rings (SSSR count). The molecule has 1 unspecified atom stereocenters. The summed E-state index contributed by atoms with van der Waals surface area (Å²) in [6.45, 7) is 4.10. The van der Waals surface area contributed by atoms with Gasteiger partial charge in [0, 0.05) is 6.04 Å². The molecule has 0 spiro atoms. The molecule has 2 N–H and O–H groups in total. The summed E-state index contributed by atoms with van der Waals surface area (Å²) in [4.78, 5) is 11.7. The third-order valence-corrected chi connectivity index (χ3v) is 5.44. The van der Waals surface area contributed by atoms with E-state index in [0.717, 1.165) is 37.0 Å². The predicted octanol–water partition coefficient (Wildman–Crippen LogP) is 2.65. The van der Waals surface area contributed by atoms with Crippen molar-refractivity contribution in [3.63, 3.8) is 0 Å². The van der Waals surface area contributed by atoms with E-state index in [-0.39, 0.29) is 17.5 Å². The number of hydrogen-bond acceptors (Lipinski definition) is 2. The van der Waals surface area contributed by atoms with Crippen molar-refractivity contribution in [2.75, 3.05) is 0 Å². The van der Waals surface area contributed by atoms with Gasteiger partial charge in [-0.25, -0.2) is 0 Å². The van der Waals surface area contributed by atoms with Crippen LogP contribution in [0.5, 0.6) is 0 Å². The summed E-state index contributed by atoms with van der Waals surface area (Å²) >= 11 is 0. The molecule has 0 amide bonds. The molecule has 4 aliphatic carbocycles. The van der Waals surface area contributed by atoms with Gasteiger partial charge in [0.05, 0.1) is 0 Å². The summed E-state index contributed by atoms with van der Waals surface area (Å²) in [7, 11) is 0. The fraction of sp³-hybridized carbons (Fsp3) is 0.933. The highest BCUT2D eigenvalue weighted by Gasteiger charge is 2.56. The van der Waals surface area contributed by atoms with Crippen molar-refractivity contribution in [3.05, 3.63) is 0 Å². The Morgan fingerprint density at radius 3 is 1.89 bits per heavy atom. The van der Waals surface area contributed by atoms with Crippen molar-refractivity contribution >= 4 is 5.97 Å². The van der Waals surface area contributed by atoms with E-state index in [2.05, 4.69) is 19.2 Å². The number of carboxylic acids is 1. The second kappa shape index (κ2) is 4.22. The summed E-state index contributed by atoms with van der Waals surface area (Å²) in [6.07, 6.45) is 7.55. The van der Waals surface area contributed by atoms with Gasteiger partial charge in [-0.15, -0.1) is 0 Å². The van der Waals surface area contributed by atoms with Gasteiger partial charge < -0.3 is 10.4 Å². The van der Waals surface area contributed by atoms with Gasteiger partial charge in [0.15, 0.2) is 0 Å². The van der Waals surface area contributed by atoms with Crippen LogP contribution in [0.1, 0.15) is 52.4 Å². The molecule has 18 heavy (non-hydrogen) atoms. The van der Waals surface area contributed by atoms with E-state index in [9.17, 15) is 9.90 Å². The van der Waals surface area contributed by atoms with Crippen molar-refractivity contribution in [3.8, 4) is 0 Å². The van der Waals surface area contributed by atoms with Crippen LogP contribution in [0.25, 0.3) is 0 Å². The van der Waals surface area contributed by atoms with Crippen molar-refractivity contribution < 1.29 is 9.90 Å². The summed E-state index contributed by atoms with van der Waals surface area (Å²) in [6, 6.07) is -0.0787. The summed E-state index contributed by atoms with van der Waals surface area (Å²) in [5.74, 6) is 1.80. The summed E-state index contributed by atoms with van der Waals surface area (Å²) in [5.41, 5.74) is 0.0604. The largest absolute Gasteiger partial charge is 0.480 e. The lowest BCUT2D eigenvalue weighted by Crippen LogP contribution is -2.59. The van der Waals surface area contributed by atoms with Gasteiger partial charge in [-0.05, 0) is 61.7 Å². The maximum atomic E-state index is 11.7. The van der Waals surface area contributed by atoms with Gasteiger partial charge in [0.25, 0.3) is 0 Å². The van der Waals surface area contributed by atoms with Gasteiger partial charge in [-0.2, -0.15) is 0 Å². The minimum atomic E-state index is -0.634. The maximum absolute atomic E-state index is 11.7. The second-order valence-corrected chi connectivity index (χ2v) is 7.37. The Balaban J connectivity index is 1.86. The molecule has 0 radical (unpaired) electrons. The maximum Gasteiger partial charge on any atom is 0.321 e. The van der Waals surface area contributed by atoms with Crippen LogP contribution >= 0.6 is 0 Å². The van der Waals surface area contributed by atoms with Crippen LogP contribution in [-0.4, -0.2) is 23.2 Å². The lowest BCUT2D eigenvalue weighted by Gasteiger charge is -2.58. The van der Waals surface area contributed by atoms with E-state index in [0.29, 0.717) is 0 Å². The Morgan fingerprint density at radius 1 is 1.11 bits per heavy atom. The molecule has 4 fully saturated rings. The van der Waals surface area contributed by atoms with E-state index in [1.807, 2.05) is 0 Å². The van der Waals surface area contributed by atoms with Gasteiger partial charge in [0.2, 0.25) is 0 Å². The minimum absolute atomic E-state index is 0.0604. The first-order valence-electron chi connectivity index (χ1n) is 7.47. The Morgan fingerprint density at radius 2 is 1.56 bits per heavy atom. The molecule has 0 heterocycles. The van der Waals surface area contributed by atoms with Crippen LogP contribution < -0.4 is 5.32 Å². The van der Waals surface area contributed by atoms with Crippen molar-refractivity contribution in [1.29, 1.82) is 0 Å². The number of hydrogen-bond donors (Lipinski definition) is 2. The fourth-order valence-corrected chi connectivity index (χ4v) is 5.37. The van der Waals surface area contributed by atoms with E-state index < -0.39 is 5.97 Å². The van der Waals surface area contributed by atoms with Crippen LogP contribution in [0, 0.1) is 23.2 Å².